The van der Waals surface area contributed by atoms with Crippen LogP contribution >= 0.6 is 11.3 Å². The van der Waals surface area contributed by atoms with Crippen molar-refractivity contribution in [3.63, 3.8) is 0 Å². The number of nitrogens with one attached hydrogen (secondary N) is 2. The fraction of sp³-hybridized carbons (Fsp3) is 0.0909. The molecule has 1 heterocycles. The molecular formula is C11H10N2O5S2. The number of carbonyl (C=O) groups is 1. The molecule has 7 nitrogen and oxygen atoms in total. The second-order valence-corrected chi connectivity index (χ2v) is 6.44. The van der Waals surface area contributed by atoms with Crippen molar-refractivity contribution in [1.82, 2.24) is 9.71 Å². The van der Waals surface area contributed by atoms with E-state index in [1.54, 1.807) is 0 Å². The number of carboxylic acids is 1. The smallest absolute Gasteiger partial charge is 0.335 e. The van der Waals surface area contributed by atoms with E-state index in [9.17, 15) is 18.0 Å². The lowest BCUT2D eigenvalue weighted by Crippen LogP contribution is -2.23. The lowest BCUT2D eigenvalue weighted by atomic mass is 10.2. The number of hydrogen-bond acceptors (Lipinski definition) is 5. The van der Waals surface area contributed by atoms with Gasteiger partial charge in [0.2, 0.25) is 10.0 Å². The fourth-order valence-corrected chi connectivity index (χ4v) is 3.02. The number of aromatic amines is 1. The summed E-state index contributed by atoms with van der Waals surface area (Å²) < 4.78 is 26.2. The van der Waals surface area contributed by atoms with Gasteiger partial charge < -0.3 is 10.1 Å². The molecule has 20 heavy (non-hydrogen) atoms. The molecular weight excluding hydrogens is 304 g/mol. The van der Waals surface area contributed by atoms with Crippen molar-refractivity contribution in [2.75, 3.05) is 0 Å². The molecule has 0 saturated heterocycles. The summed E-state index contributed by atoms with van der Waals surface area (Å²) in [7, 11) is -3.75. The monoisotopic (exact) mass is 314 g/mol. The quantitative estimate of drug-likeness (QED) is 0.748. The molecule has 0 aliphatic carbocycles. The molecule has 0 saturated carbocycles. The van der Waals surface area contributed by atoms with Crippen LogP contribution in [0.4, 0.5) is 0 Å². The summed E-state index contributed by atoms with van der Waals surface area (Å²) in [5.41, 5.74) is 0.469. The maximum atomic E-state index is 11.9. The van der Waals surface area contributed by atoms with E-state index in [2.05, 4.69) is 9.71 Å². The van der Waals surface area contributed by atoms with Gasteiger partial charge in [-0.3, -0.25) is 4.79 Å². The highest BCUT2D eigenvalue weighted by atomic mass is 32.2. The van der Waals surface area contributed by atoms with E-state index in [1.807, 2.05) is 0 Å². The van der Waals surface area contributed by atoms with Crippen molar-refractivity contribution < 1.29 is 18.3 Å². The first-order chi connectivity index (χ1) is 9.38. The Morgan fingerprint density at radius 2 is 1.95 bits per heavy atom. The molecule has 0 spiro atoms. The third-order valence-corrected chi connectivity index (χ3v) is 4.57. The Morgan fingerprint density at radius 3 is 2.45 bits per heavy atom. The Balaban J connectivity index is 2.13. The summed E-state index contributed by atoms with van der Waals surface area (Å²) in [4.78, 5) is 23.8. The molecule has 3 N–H and O–H groups in total. The van der Waals surface area contributed by atoms with Crippen LogP contribution in [0, 0.1) is 0 Å². The summed E-state index contributed by atoms with van der Waals surface area (Å²) in [6.07, 6.45) is 0. The number of H-pyrrole nitrogens is 1. The zero-order valence-corrected chi connectivity index (χ0v) is 11.6. The molecule has 0 unspecified atom stereocenters. The molecule has 0 amide bonds. The second-order valence-electron chi connectivity index (χ2n) is 3.83. The van der Waals surface area contributed by atoms with Crippen molar-refractivity contribution in [1.29, 1.82) is 0 Å². The molecule has 0 bridgehead atoms. The summed E-state index contributed by atoms with van der Waals surface area (Å²) in [6, 6.07) is 4.84. The van der Waals surface area contributed by atoms with E-state index in [-0.39, 0.29) is 21.9 Å². The van der Waals surface area contributed by atoms with Crippen LogP contribution in [0.2, 0.25) is 0 Å². The van der Waals surface area contributed by atoms with E-state index in [0.717, 1.165) is 11.3 Å². The number of carboxylic acid groups (broad SMARTS) is 1. The number of hydrogen-bond donors (Lipinski definition) is 3. The molecule has 0 atom stereocenters. The zero-order chi connectivity index (χ0) is 14.8. The van der Waals surface area contributed by atoms with E-state index >= 15 is 0 Å². The third kappa shape index (κ3) is 3.32. The molecule has 0 aliphatic heterocycles. The minimum atomic E-state index is -3.75. The number of aromatic nitrogens is 1. The SMILES string of the molecule is O=C(O)c1ccc(S(=O)(=O)NCc2csc(=O)[nH]2)cc1. The molecule has 2 aromatic rings. The van der Waals surface area contributed by atoms with Gasteiger partial charge in [0.25, 0.3) is 0 Å². The van der Waals surface area contributed by atoms with Crippen LogP contribution < -0.4 is 9.60 Å². The first-order valence-electron chi connectivity index (χ1n) is 5.38. The van der Waals surface area contributed by atoms with Crippen LogP contribution in [-0.4, -0.2) is 24.5 Å². The van der Waals surface area contributed by atoms with Crippen LogP contribution in [0.5, 0.6) is 0 Å². The molecule has 0 aliphatic rings. The van der Waals surface area contributed by atoms with Gasteiger partial charge in [0, 0.05) is 11.1 Å². The molecule has 2 rings (SSSR count). The first kappa shape index (κ1) is 14.4. The Morgan fingerprint density at radius 1 is 1.30 bits per heavy atom. The lowest BCUT2D eigenvalue weighted by molar-refractivity contribution is 0.0696. The zero-order valence-electron chi connectivity index (χ0n) is 9.99. The highest BCUT2D eigenvalue weighted by Crippen LogP contribution is 2.11. The van der Waals surface area contributed by atoms with Gasteiger partial charge in [-0.1, -0.05) is 11.3 Å². The number of aromatic carboxylic acids is 1. The van der Waals surface area contributed by atoms with Crippen molar-refractivity contribution in [3.05, 3.63) is 50.6 Å². The van der Waals surface area contributed by atoms with Gasteiger partial charge in [0.15, 0.2) is 0 Å². The highest BCUT2D eigenvalue weighted by Gasteiger charge is 2.14. The second kappa shape index (κ2) is 5.57. The predicted molar refractivity (Wildman–Crippen MR) is 72.4 cm³/mol. The number of benzene rings is 1. The lowest BCUT2D eigenvalue weighted by Gasteiger charge is -2.05. The molecule has 106 valence electrons. The predicted octanol–water partition coefficient (Wildman–Crippen LogP) is 0.613. The van der Waals surface area contributed by atoms with Crippen LogP contribution in [0.25, 0.3) is 0 Å². The Kier molecular flexibility index (Phi) is 4.02. The standard InChI is InChI=1S/C11H10N2O5S2/c14-10(15)7-1-3-9(4-2-7)20(17,18)12-5-8-6-19-11(16)13-8/h1-4,6,12H,5H2,(H,13,16)(H,14,15). The maximum absolute atomic E-state index is 11.9. The van der Waals surface area contributed by atoms with Gasteiger partial charge in [-0.2, -0.15) is 0 Å². The highest BCUT2D eigenvalue weighted by molar-refractivity contribution is 7.89. The van der Waals surface area contributed by atoms with Crippen molar-refractivity contribution in [3.8, 4) is 0 Å². The van der Waals surface area contributed by atoms with Gasteiger partial charge in [0.1, 0.15) is 0 Å². The minimum Gasteiger partial charge on any atom is -0.478 e. The molecule has 1 aromatic carbocycles. The maximum Gasteiger partial charge on any atom is 0.335 e. The van der Waals surface area contributed by atoms with Gasteiger partial charge in [-0.15, -0.1) is 0 Å². The van der Waals surface area contributed by atoms with E-state index in [1.165, 1.54) is 29.6 Å². The van der Waals surface area contributed by atoms with Crippen LogP contribution in [0.1, 0.15) is 16.1 Å². The topological polar surface area (TPSA) is 116 Å². The van der Waals surface area contributed by atoms with Crippen molar-refractivity contribution in [2.24, 2.45) is 0 Å². The molecule has 0 radical (unpaired) electrons. The average molecular weight is 314 g/mol. The largest absolute Gasteiger partial charge is 0.478 e. The Labute approximate surface area is 118 Å². The van der Waals surface area contributed by atoms with Crippen LogP contribution in [0.15, 0.2) is 39.3 Å². The number of rotatable bonds is 5. The van der Waals surface area contributed by atoms with Crippen LogP contribution in [0.3, 0.4) is 0 Å². The van der Waals surface area contributed by atoms with Crippen molar-refractivity contribution >= 4 is 27.3 Å². The Bertz CT molecular complexity index is 774. The minimum absolute atomic E-state index is 0.00566. The van der Waals surface area contributed by atoms with Gasteiger partial charge in [-0.25, -0.2) is 17.9 Å². The summed E-state index contributed by atoms with van der Waals surface area (Å²) in [5.74, 6) is -1.13. The van der Waals surface area contributed by atoms with Gasteiger partial charge in [0.05, 0.1) is 17.0 Å². The summed E-state index contributed by atoms with van der Waals surface area (Å²) in [5, 5.41) is 10.3. The summed E-state index contributed by atoms with van der Waals surface area (Å²) >= 11 is 0.945. The van der Waals surface area contributed by atoms with Gasteiger partial charge in [-0.05, 0) is 24.3 Å². The van der Waals surface area contributed by atoms with E-state index < -0.39 is 16.0 Å². The number of sulfonamides is 1. The number of thiazole rings is 1. The third-order valence-electron chi connectivity index (χ3n) is 2.44. The normalized spacial score (nSPS) is 11.4. The average Bonchev–Trinajstić information content (AvgIpc) is 2.82. The molecule has 1 aromatic heterocycles. The Hall–Kier alpha value is -1.97. The first-order valence-corrected chi connectivity index (χ1v) is 7.74. The van der Waals surface area contributed by atoms with E-state index in [0.29, 0.717) is 5.69 Å². The van der Waals surface area contributed by atoms with Crippen molar-refractivity contribution in [2.45, 2.75) is 11.4 Å². The fourth-order valence-electron chi connectivity index (χ4n) is 1.43. The summed E-state index contributed by atoms with van der Waals surface area (Å²) in [6.45, 7) is -0.0399. The van der Waals surface area contributed by atoms with Gasteiger partial charge >= 0.3 is 10.8 Å². The molecule has 0 fully saturated rings. The van der Waals surface area contributed by atoms with Crippen LogP contribution in [-0.2, 0) is 16.6 Å². The van der Waals surface area contributed by atoms with E-state index in [4.69, 9.17) is 5.11 Å². The molecule has 9 heteroatoms.